The summed E-state index contributed by atoms with van der Waals surface area (Å²) in [6, 6.07) is 11.2. The summed E-state index contributed by atoms with van der Waals surface area (Å²) >= 11 is 0. The zero-order chi connectivity index (χ0) is 14.7. The number of ether oxygens (including phenoxy) is 2. The molecule has 0 radical (unpaired) electrons. The standard InChI is InChI=1S/C16H14N2O3/c1-20-16-4-2-3-12(17-16)7-5-11-6-8-14-13(9-11)18-15(19)10-21-14/h2-9H,10H2,1H3,(H,18,19). The van der Waals surface area contributed by atoms with Crippen molar-refractivity contribution >= 4 is 23.7 Å². The van der Waals surface area contributed by atoms with E-state index in [9.17, 15) is 4.79 Å². The summed E-state index contributed by atoms with van der Waals surface area (Å²) in [5, 5.41) is 2.78. The third-order valence-electron chi connectivity index (χ3n) is 3.04. The molecule has 0 saturated heterocycles. The first-order valence-electron chi connectivity index (χ1n) is 6.50. The Morgan fingerprint density at radius 3 is 3.05 bits per heavy atom. The Balaban J connectivity index is 1.82. The van der Waals surface area contributed by atoms with E-state index in [1.54, 1.807) is 13.2 Å². The van der Waals surface area contributed by atoms with Gasteiger partial charge in [0.2, 0.25) is 5.88 Å². The topological polar surface area (TPSA) is 60.5 Å². The molecule has 1 amide bonds. The number of hydrogen-bond donors (Lipinski definition) is 1. The molecule has 106 valence electrons. The van der Waals surface area contributed by atoms with Crippen LogP contribution in [0.3, 0.4) is 0 Å². The molecule has 0 fully saturated rings. The average Bonchev–Trinajstić information content (AvgIpc) is 2.52. The molecule has 0 saturated carbocycles. The first kappa shape index (κ1) is 13.2. The maximum Gasteiger partial charge on any atom is 0.262 e. The Hall–Kier alpha value is -2.82. The molecule has 1 aliphatic heterocycles. The number of hydrogen-bond acceptors (Lipinski definition) is 4. The Morgan fingerprint density at radius 2 is 2.19 bits per heavy atom. The van der Waals surface area contributed by atoms with Gasteiger partial charge in [-0.15, -0.1) is 0 Å². The summed E-state index contributed by atoms with van der Waals surface area (Å²) < 4.78 is 10.4. The van der Waals surface area contributed by atoms with Gasteiger partial charge in [0, 0.05) is 6.07 Å². The van der Waals surface area contributed by atoms with Gasteiger partial charge in [-0.3, -0.25) is 4.79 Å². The van der Waals surface area contributed by atoms with Crippen LogP contribution in [0.5, 0.6) is 11.6 Å². The zero-order valence-electron chi connectivity index (χ0n) is 11.5. The Bertz CT molecular complexity index is 710. The summed E-state index contributed by atoms with van der Waals surface area (Å²) in [7, 11) is 1.59. The zero-order valence-corrected chi connectivity index (χ0v) is 11.5. The number of amides is 1. The van der Waals surface area contributed by atoms with Gasteiger partial charge < -0.3 is 14.8 Å². The molecule has 21 heavy (non-hydrogen) atoms. The maximum absolute atomic E-state index is 11.3. The predicted octanol–water partition coefficient (Wildman–Crippen LogP) is 2.59. The second kappa shape index (κ2) is 5.66. The van der Waals surface area contributed by atoms with Crippen LogP contribution in [0.1, 0.15) is 11.3 Å². The fourth-order valence-corrected chi connectivity index (χ4v) is 2.02. The number of carbonyl (C=O) groups excluding carboxylic acids is 1. The Morgan fingerprint density at radius 1 is 1.29 bits per heavy atom. The van der Waals surface area contributed by atoms with Gasteiger partial charge in [-0.05, 0) is 29.8 Å². The number of anilines is 1. The number of carbonyl (C=O) groups is 1. The van der Waals surface area contributed by atoms with Gasteiger partial charge in [-0.1, -0.05) is 18.2 Å². The monoisotopic (exact) mass is 282 g/mol. The van der Waals surface area contributed by atoms with Crippen molar-refractivity contribution < 1.29 is 14.3 Å². The van der Waals surface area contributed by atoms with Gasteiger partial charge in [0.15, 0.2) is 6.61 Å². The fourth-order valence-electron chi connectivity index (χ4n) is 2.02. The number of benzene rings is 1. The lowest BCUT2D eigenvalue weighted by Gasteiger charge is -2.17. The molecule has 0 atom stereocenters. The first-order valence-corrected chi connectivity index (χ1v) is 6.50. The van der Waals surface area contributed by atoms with Crippen LogP contribution in [-0.2, 0) is 4.79 Å². The number of nitrogens with one attached hydrogen (secondary N) is 1. The van der Waals surface area contributed by atoms with Crippen LogP contribution in [0.15, 0.2) is 36.4 Å². The molecule has 2 heterocycles. The van der Waals surface area contributed by atoms with E-state index in [1.807, 2.05) is 42.5 Å². The third-order valence-corrected chi connectivity index (χ3v) is 3.04. The number of pyridine rings is 1. The second-order valence-corrected chi connectivity index (χ2v) is 4.53. The van der Waals surface area contributed by atoms with E-state index in [0.717, 1.165) is 11.3 Å². The molecule has 0 aliphatic carbocycles. The van der Waals surface area contributed by atoms with Crippen molar-refractivity contribution in [3.05, 3.63) is 47.7 Å². The lowest BCUT2D eigenvalue weighted by Crippen LogP contribution is -2.25. The van der Waals surface area contributed by atoms with Crippen LogP contribution in [0.2, 0.25) is 0 Å². The average molecular weight is 282 g/mol. The lowest BCUT2D eigenvalue weighted by atomic mass is 10.1. The van der Waals surface area contributed by atoms with Gasteiger partial charge in [-0.2, -0.15) is 0 Å². The van der Waals surface area contributed by atoms with Crippen LogP contribution >= 0.6 is 0 Å². The van der Waals surface area contributed by atoms with Crippen LogP contribution in [0.4, 0.5) is 5.69 Å². The highest BCUT2D eigenvalue weighted by Crippen LogP contribution is 2.29. The molecule has 2 aromatic rings. The molecule has 0 spiro atoms. The normalized spacial score (nSPS) is 13.5. The van der Waals surface area contributed by atoms with E-state index < -0.39 is 0 Å². The highest BCUT2D eigenvalue weighted by Gasteiger charge is 2.15. The van der Waals surface area contributed by atoms with Gasteiger partial charge in [0.1, 0.15) is 5.75 Å². The van der Waals surface area contributed by atoms with Crippen LogP contribution in [0, 0.1) is 0 Å². The quantitative estimate of drug-likeness (QED) is 0.940. The van der Waals surface area contributed by atoms with E-state index >= 15 is 0 Å². The van der Waals surface area contributed by atoms with Crippen LogP contribution in [-0.4, -0.2) is 24.6 Å². The van der Waals surface area contributed by atoms with Crippen molar-refractivity contribution in [1.29, 1.82) is 0 Å². The molecular weight excluding hydrogens is 268 g/mol. The van der Waals surface area contributed by atoms with E-state index in [0.29, 0.717) is 17.3 Å². The first-order chi connectivity index (χ1) is 10.2. The number of fused-ring (bicyclic) bond motifs is 1. The Labute approximate surface area is 122 Å². The van der Waals surface area contributed by atoms with Crippen LogP contribution in [0.25, 0.3) is 12.2 Å². The van der Waals surface area contributed by atoms with Gasteiger partial charge in [-0.25, -0.2) is 4.98 Å². The van der Waals surface area contributed by atoms with Gasteiger partial charge >= 0.3 is 0 Å². The lowest BCUT2D eigenvalue weighted by molar-refractivity contribution is -0.118. The van der Waals surface area contributed by atoms with E-state index in [2.05, 4.69) is 10.3 Å². The molecule has 1 N–H and O–H groups in total. The minimum Gasteiger partial charge on any atom is -0.482 e. The smallest absolute Gasteiger partial charge is 0.262 e. The molecule has 1 aromatic heterocycles. The highest BCUT2D eigenvalue weighted by molar-refractivity contribution is 5.95. The Kier molecular flexibility index (Phi) is 3.55. The second-order valence-electron chi connectivity index (χ2n) is 4.53. The largest absolute Gasteiger partial charge is 0.482 e. The summed E-state index contributed by atoms with van der Waals surface area (Å²) in [5.41, 5.74) is 2.43. The van der Waals surface area contributed by atoms with E-state index in [-0.39, 0.29) is 12.5 Å². The van der Waals surface area contributed by atoms with Crippen molar-refractivity contribution in [2.45, 2.75) is 0 Å². The summed E-state index contributed by atoms with van der Waals surface area (Å²) in [6.45, 7) is 0.0654. The highest BCUT2D eigenvalue weighted by atomic mass is 16.5. The number of aromatic nitrogens is 1. The molecular formula is C16H14N2O3. The number of nitrogens with zero attached hydrogens (tertiary/aromatic N) is 1. The van der Waals surface area contributed by atoms with Crippen molar-refractivity contribution in [2.24, 2.45) is 0 Å². The minimum absolute atomic E-state index is 0.0654. The fraction of sp³-hybridized carbons (Fsp3) is 0.125. The van der Waals surface area contributed by atoms with Crippen molar-refractivity contribution in [2.75, 3.05) is 19.0 Å². The molecule has 5 heteroatoms. The molecule has 1 aliphatic rings. The predicted molar refractivity (Wildman–Crippen MR) is 80.3 cm³/mol. The summed E-state index contributed by atoms with van der Waals surface area (Å²) in [6.07, 6.45) is 3.80. The molecule has 0 bridgehead atoms. The van der Waals surface area contributed by atoms with Crippen LogP contribution < -0.4 is 14.8 Å². The van der Waals surface area contributed by atoms with Crippen molar-refractivity contribution in [3.8, 4) is 11.6 Å². The molecule has 0 unspecified atom stereocenters. The van der Waals surface area contributed by atoms with Gasteiger partial charge in [0.25, 0.3) is 5.91 Å². The SMILES string of the molecule is COc1cccc(C=Cc2ccc3c(c2)NC(=O)CO3)n1. The van der Waals surface area contributed by atoms with E-state index in [1.165, 1.54) is 0 Å². The van der Waals surface area contributed by atoms with Gasteiger partial charge in [0.05, 0.1) is 18.5 Å². The molecule has 1 aromatic carbocycles. The summed E-state index contributed by atoms with van der Waals surface area (Å²) in [4.78, 5) is 15.6. The number of methoxy groups -OCH3 is 1. The third kappa shape index (κ3) is 3.02. The molecule has 3 rings (SSSR count). The maximum atomic E-state index is 11.3. The van der Waals surface area contributed by atoms with Crippen molar-refractivity contribution in [3.63, 3.8) is 0 Å². The summed E-state index contributed by atoms with van der Waals surface area (Å²) in [5.74, 6) is 1.12. The minimum atomic E-state index is -0.141. The number of rotatable bonds is 3. The van der Waals surface area contributed by atoms with E-state index in [4.69, 9.17) is 9.47 Å². The van der Waals surface area contributed by atoms with Crippen molar-refractivity contribution in [1.82, 2.24) is 4.98 Å². The molecule has 5 nitrogen and oxygen atoms in total.